The van der Waals surface area contributed by atoms with Crippen LogP contribution in [-0.4, -0.2) is 34.0 Å². The molecule has 2 amide bonds. The van der Waals surface area contributed by atoms with Crippen LogP contribution in [0.5, 0.6) is 11.5 Å². The molecule has 3 aromatic carbocycles. The second kappa shape index (κ2) is 10.2. The number of hydrogen-bond donors (Lipinski definition) is 0. The Balaban J connectivity index is 1.50. The monoisotopic (exact) mass is 490 g/mol. The number of amides is 2. The zero-order valence-electron chi connectivity index (χ0n) is 18.4. The number of esters is 1. The molecule has 0 saturated carbocycles. The Labute approximate surface area is 204 Å². The van der Waals surface area contributed by atoms with E-state index >= 15 is 0 Å². The van der Waals surface area contributed by atoms with Gasteiger partial charge in [0.15, 0.2) is 11.5 Å². The van der Waals surface area contributed by atoms with Gasteiger partial charge in [0.2, 0.25) is 0 Å². The first-order valence-electron chi connectivity index (χ1n) is 10.3. The zero-order valence-corrected chi connectivity index (χ0v) is 19.2. The number of nitrogens with zero attached hydrogens (tertiary/aromatic N) is 2. The largest absolute Gasteiger partial charge is 0.493 e. The Morgan fingerprint density at radius 2 is 1.74 bits per heavy atom. The van der Waals surface area contributed by atoms with Crippen molar-refractivity contribution in [2.24, 2.45) is 0 Å². The van der Waals surface area contributed by atoms with Crippen LogP contribution in [0.25, 0.3) is 6.08 Å². The topological polar surface area (TPSA) is 116 Å². The highest BCUT2D eigenvalue weighted by atomic mass is 32.2. The predicted molar refractivity (Wildman–Crippen MR) is 129 cm³/mol. The fraction of sp³-hybridized carbons (Fsp3) is 0.0800. The maximum Gasteiger partial charge on any atom is 0.343 e. The molecule has 0 unspecified atom stereocenters. The van der Waals surface area contributed by atoms with Gasteiger partial charge in [-0.05, 0) is 53.2 Å². The van der Waals surface area contributed by atoms with Crippen LogP contribution in [0.4, 0.5) is 10.5 Å². The number of benzene rings is 3. The second-order valence-electron chi connectivity index (χ2n) is 7.36. The van der Waals surface area contributed by atoms with Gasteiger partial charge < -0.3 is 9.47 Å². The highest BCUT2D eigenvalue weighted by Crippen LogP contribution is 2.35. The van der Waals surface area contributed by atoms with Gasteiger partial charge >= 0.3 is 5.97 Å². The first kappa shape index (κ1) is 23.7. The quantitative estimate of drug-likeness (QED) is 0.148. The van der Waals surface area contributed by atoms with Gasteiger partial charge in [0.1, 0.15) is 0 Å². The smallest absolute Gasteiger partial charge is 0.343 e. The summed E-state index contributed by atoms with van der Waals surface area (Å²) >= 11 is 0.849. The average Bonchev–Trinajstić information content (AvgIpc) is 3.12. The third-order valence-electron chi connectivity index (χ3n) is 5.06. The summed E-state index contributed by atoms with van der Waals surface area (Å²) in [5.41, 5.74) is 1.41. The van der Waals surface area contributed by atoms with Crippen molar-refractivity contribution in [1.82, 2.24) is 4.90 Å². The van der Waals surface area contributed by atoms with Crippen LogP contribution in [0.1, 0.15) is 21.5 Å². The van der Waals surface area contributed by atoms with Gasteiger partial charge in [-0.2, -0.15) is 0 Å². The van der Waals surface area contributed by atoms with Gasteiger partial charge in [0, 0.05) is 12.1 Å². The second-order valence-corrected chi connectivity index (χ2v) is 8.35. The summed E-state index contributed by atoms with van der Waals surface area (Å²) < 4.78 is 10.7. The highest BCUT2D eigenvalue weighted by Gasteiger charge is 2.35. The van der Waals surface area contributed by atoms with Crippen LogP contribution in [0.15, 0.2) is 77.7 Å². The fourth-order valence-electron chi connectivity index (χ4n) is 3.29. The van der Waals surface area contributed by atoms with E-state index in [9.17, 15) is 24.5 Å². The van der Waals surface area contributed by atoms with Crippen molar-refractivity contribution in [3.8, 4) is 11.5 Å². The molecular formula is C25H18N2O7S. The van der Waals surface area contributed by atoms with Gasteiger partial charge in [-0.1, -0.05) is 36.4 Å². The first-order chi connectivity index (χ1) is 16.9. The summed E-state index contributed by atoms with van der Waals surface area (Å²) in [4.78, 5) is 49.3. The van der Waals surface area contributed by atoms with E-state index in [1.807, 2.05) is 30.3 Å². The molecular weight excluding hydrogens is 472 g/mol. The summed E-state index contributed by atoms with van der Waals surface area (Å²) in [6, 6.07) is 18.9. The lowest BCUT2D eigenvalue weighted by Gasteiger charge is -2.12. The molecule has 1 heterocycles. The van der Waals surface area contributed by atoms with Crippen molar-refractivity contribution in [3.63, 3.8) is 0 Å². The van der Waals surface area contributed by atoms with Gasteiger partial charge in [-0.15, -0.1) is 0 Å². The Morgan fingerprint density at radius 1 is 1.03 bits per heavy atom. The van der Waals surface area contributed by atoms with E-state index in [2.05, 4.69) is 0 Å². The number of carbonyl (C=O) groups is 3. The maximum atomic E-state index is 12.8. The molecule has 10 heteroatoms. The number of methoxy groups -OCH3 is 1. The molecule has 3 aromatic rings. The van der Waals surface area contributed by atoms with Crippen LogP contribution >= 0.6 is 11.8 Å². The average molecular weight is 490 g/mol. The van der Waals surface area contributed by atoms with Crippen LogP contribution < -0.4 is 9.47 Å². The van der Waals surface area contributed by atoms with Crippen LogP contribution in [0.2, 0.25) is 0 Å². The number of rotatable bonds is 7. The normalized spacial score (nSPS) is 14.3. The van der Waals surface area contributed by atoms with E-state index < -0.39 is 16.8 Å². The van der Waals surface area contributed by atoms with Crippen LogP contribution in [0.3, 0.4) is 0 Å². The molecule has 0 atom stereocenters. The molecule has 1 saturated heterocycles. The van der Waals surface area contributed by atoms with E-state index in [1.165, 1.54) is 42.3 Å². The minimum atomic E-state index is -0.715. The molecule has 9 nitrogen and oxygen atoms in total. The Bertz CT molecular complexity index is 1340. The molecule has 35 heavy (non-hydrogen) atoms. The minimum Gasteiger partial charge on any atom is -0.493 e. The highest BCUT2D eigenvalue weighted by molar-refractivity contribution is 8.18. The molecule has 1 fully saturated rings. The van der Waals surface area contributed by atoms with E-state index in [-0.39, 0.29) is 39.4 Å². The van der Waals surface area contributed by atoms with E-state index in [4.69, 9.17) is 9.47 Å². The van der Waals surface area contributed by atoms with Crippen molar-refractivity contribution in [2.75, 3.05) is 7.11 Å². The molecule has 176 valence electrons. The lowest BCUT2D eigenvalue weighted by molar-refractivity contribution is -0.384. The molecule has 4 rings (SSSR count). The summed E-state index contributed by atoms with van der Waals surface area (Å²) in [6.45, 7) is 0.184. The van der Waals surface area contributed by atoms with Crippen molar-refractivity contribution in [1.29, 1.82) is 0 Å². The van der Waals surface area contributed by atoms with E-state index in [1.54, 1.807) is 18.2 Å². The van der Waals surface area contributed by atoms with E-state index in [0.29, 0.717) is 5.56 Å². The molecule has 0 radical (unpaired) electrons. The summed E-state index contributed by atoms with van der Waals surface area (Å²) in [5, 5.41) is 10.4. The van der Waals surface area contributed by atoms with Gasteiger partial charge in [0.25, 0.3) is 16.8 Å². The number of nitro benzene ring substituents is 1. The Kier molecular flexibility index (Phi) is 6.93. The molecule has 0 spiro atoms. The molecule has 0 aromatic heterocycles. The summed E-state index contributed by atoms with van der Waals surface area (Å²) in [7, 11) is 1.40. The van der Waals surface area contributed by atoms with Gasteiger partial charge in [-0.3, -0.25) is 24.6 Å². The Hall–Kier alpha value is -4.44. The zero-order chi connectivity index (χ0) is 24.9. The maximum absolute atomic E-state index is 12.8. The SMILES string of the molecule is COc1cc(/C=C2\SC(=O)N(Cc3ccccc3)C2=O)ccc1OC(=O)c1ccc([N+](=O)[O-])cc1. The third kappa shape index (κ3) is 5.39. The molecule has 1 aliphatic rings. The summed E-state index contributed by atoms with van der Waals surface area (Å²) in [5.74, 6) is -0.743. The molecule has 1 aliphatic heterocycles. The number of carbonyl (C=O) groups excluding carboxylic acids is 3. The van der Waals surface area contributed by atoms with Crippen molar-refractivity contribution < 1.29 is 28.8 Å². The van der Waals surface area contributed by atoms with Crippen LogP contribution in [-0.2, 0) is 11.3 Å². The first-order valence-corrected chi connectivity index (χ1v) is 11.1. The number of thioether (sulfide) groups is 1. The number of ether oxygens (including phenoxy) is 2. The lowest BCUT2D eigenvalue weighted by atomic mass is 10.1. The molecule has 0 aliphatic carbocycles. The lowest BCUT2D eigenvalue weighted by Crippen LogP contribution is -2.27. The number of hydrogen-bond acceptors (Lipinski definition) is 8. The number of nitro groups is 1. The van der Waals surface area contributed by atoms with Gasteiger partial charge in [0.05, 0.1) is 29.0 Å². The van der Waals surface area contributed by atoms with E-state index in [0.717, 1.165) is 17.3 Å². The van der Waals surface area contributed by atoms with Crippen LogP contribution in [0, 0.1) is 10.1 Å². The summed E-state index contributed by atoms with van der Waals surface area (Å²) in [6.07, 6.45) is 1.57. The third-order valence-corrected chi connectivity index (χ3v) is 5.97. The number of non-ortho nitro benzene ring substituents is 1. The van der Waals surface area contributed by atoms with Crippen molar-refractivity contribution >= 4 is 40.6 Å². The minimum absolute atomic E-state index is 0.130. The Morgan fingerprint density at radius 3 is 2.40 bits per heavy atom. The molecule has 0 bridgehead atoms. The predicted octanol–water partition coefficient (Wildman–Crippen LogP) is 5.06. The standard InChI is InChI=1S/C25H18N2O7S/c1-33-21-13-17(7-12-20(21)34-24(29)18-8-10-19(11-9-18)27(31)32)14-22-23(28)26(25(30)35-22)15-16-5-3-2-4-6-16/h2-14H,15H2,1H3/b22-14-. The molecule has 0 N–H and O–H groups in total. The van der Waals surface area contributed by atoms with Crippen molar-refractivity contribution in [3.05, 3.63) is 105 Å². The fourth-order valence-corrected chi connectivity index (χ4v) is 4.13. The van der Waals surface area contributed by atoms with Crippen molar-refractivity contribution in [2.45, 2.75) is 6.54 Å². The number of imide groups is 1. The van der Waals surface area contributed by atoms with Gasteiger partial charge in [-0.25, -0.2) is 4.79 Å².